The van der Waals surface area contributed by atoms with Crippen LogP contribution < -0.4 is 5.73 Å². The molecule has 2 N–H and O–H groups in total. The molecule has 1 saturated carbocycles. The van der Waals surface area contributed by atoms with Gasteiger partial charge in [0.1, 0.15) is 5.60 Å². The highest BCUT2D eigenvalue weighted by Crippen LogP contribution is 2.39. The van der Waals surface area contributed by atoms with Gasteiger partial charge in [0.15, 0.2) is 0 Å². The predicted octanol–water partition coefficient (Wildman–Crippen LogP) is 3.31. The number of hydrogen-bond donors (Lipinski definition) is 1. The van der Waals surface area contributed by atoms with Crippen molar-refractivity contribution >= 4 is 0 Å². The number of aromatic nitrogens is 2. The molecule has 5 heteroatoms. The van der Waals surface area contributed by atoms with Crippen molar-refractivity contribution in [3.63, 3.8) is 0 Å². The molecule has 5 nitrogen and oxygen atoms in total. The fourth-order valence-electron chi connectivity index (χ4n) is 3.01. The first kappa shape index (κ1) is 15.4. The van der Waals surface area contributed by atoms with Gasteiger partial charge in [-0.1, -0.05) is 38.3 Å². The Hall–Kier alpha value is -0.940. The van der Waals surface area contributed by atoms with E-state index in [4.69, 9.17) is 15.0 Å². The maximum absolute atomic E-state index is 6.12. The SMILES string of the molecule is CCOC1(c2noc(C(N)CC(C)C)n2)CCCCC1. The van der Waals surface area contributed by atoms with Gasteiger partial charge in [0, 0.05) is 6.61 Å². The third-order valence-electron chi connectivity index (χ3n) is 3.97. The third kappa shape index (κ3) is 3.38. The summed E-state index contributed by atoms with van der Waals surface area (Å²) in [5.41, 5.74) is 5.76. The monoisotopic (exact) mass is 281 g/mol. The Labute approximate surface area is 121 Å². The van der Waals surface area contributed by atoms with E-state index in [1.165, 1.54) is 6.42 Å². The van der Waals surface area contributed by atoms with Crippen molar-refractivity contribution in [2.24, 2.45) is 11.7 Å². The lowest BCUT2D eigenvalue weighted by atomic mass is 9.84. The standard InChI is InChI=1S/C15H27N3O2/c1-4-19-15(8-6-5-7-9-15)14-17-13(20-18-14)12(16)10-11(2)3/h11-12H,4-10,16H2,1-3H3. The molecule has 0 aliphatic heterocycles. The molecule has 0 amide bonds. The van der Waals surface area contributed by atoms with Crippen LogP contribution in [0.5, 0.6) is 0 Å². The lowest BCUT2D eigenvalue weighted by Gasteiger charge is -2.33. The van der Waals surface area contributed by atoms with E-state index in [9.17, 15) is 0 Å². The molecule has 1 fully saturated rings. The molecule has 20 heavy (non-hydrogen) atoms. The summed E-state index contributed by atoms with van der Waals surface area (Å²) >= 11 is 0. The first-order valence-electron chi connectivity index (χ1n) is 7.81. The fourth-order valence-corrected chi connectivity index (χ4v) is 3.01. The van der Waals surface area contributed by atoms with E-state index < -0.39 is 0 Å². The Morgan fingerprint density at radius 2 is 2.00 bits per heavy atom. The number of nitrogens with zero attached hydrogens (tertiary/aromatic N) is 2. The van der Waals surface area contributed by atoms with Crippen molar-refractivity contribution < 1.29 is 9.26 Å². The summed E-state index contributed by atoms with van der Waals surface area (Å²) in [5.74, 6) is 1.74. The largest absolute Gasteiger partial charge is 0.367 e. The van der Waals surface area contributed by atoms with E-state index in [-0.39, 0.29) is 11.6 Å². The number of hydrogen-bond acceptors (Lipinski definition) is 5. The van der Waals surface area contributed by atoms with Crippen molar-refractivity contribution in [2.45, 2.75) is 70.9 Å². The van der Waals surface area contributed by atoms with E-state index in [0.717, 1.165) is 32.1 Å². The molecule has 1 aromatic rings. The van der Waals surface area contributed by atoms with Crippen LogP contribution in [0.1, 0.15) is 77.1 Å². The van der Waals surface area contributed by atoms with Crippen molar-refractivity contribution in [3.05, 3.63) is 11.7 Å². The summed E-state index contributed by atoms with van der Waals surface area (Å²) < 4.78 is 11.4. The predicted molar refractivity (Wildman–Crippen MR) is 77.1 cm³/mol. The summed E-state index contributed by atoms with van der Waals surface area (Å²) in [6.45, 7) is 6.96. The van der Waals surface area contributed by atoms with Gasteiger partial charge in [-0.2, -0.15) is 4.98 Å². The van der Waals surface area contributed by atoms with Crippen LogP contribution in [-0.4, -0.2) is 16.7 Å². The zero-order valence-corrected chi connectivity index (χ0v) is 12.9. The van der Waals surface area contributed by atoms with Crippen LogP contribution in [-0.2, 0) is 10.3 Å². The molecule has 1 aliphatic carbocycles. The van der Waals surface area contributed by atoms with Crippen LogP contribution in [0.25, 0.3) is 0 Å². The lowest BCUT2D eigenvalue weighted by Crippen LogP contribution is -2.33. The lowest BCUT2D eigenvalue weighted by molar-refractivity contribution is -0.0777. The molecule has 1 atom stereocenters. The average Bonchev–Trinajstić information content (AvgIpc) is 2.89. The Balaban J connectivity index is 2.16. The fraction of sp³-hybridized carbons (Fsp3) is 0.867. The quantitative estimate of drug-likeness (QED) is 0.865. The second kappa shape index (κ2) is 6.68. The molecular formula is C15H27N3O2. The molecule has 1 aliphatic rings. The maximum Gasteiger partial charge on any atom is 0.243 e. The van der Waals surface area contributed by atoms with E-state index in [2.05, 4.69) is 24.0 Å². The average molecular weight is 281 g/mol. The van der Waals surface area contributed by atoms with Gasteiger partial charge in [-0.15, -0.1) is 0 Å². The molecule has 0 spiro atoms. The van der Waals surface area contributed by atoms with Gasteiger partial charge in [0.2, 0.25) is 11.7 Å². The topological polar surface area (TPSA) is 74.2 Å². The van der Waals surface area contributed by atoms with Gasteiger partial charge in [-0.3, -0.25) is 0 Å². The number of nitrogens with two attached hydrogens (primary N) is 1. The Bertz CT molecular complexity index is 405. The Morgan fingerprint density at radius 3 is 2.60 bits per heavy atom. The van der Waals surface area contributed by atoms with Crippen molar-refractivity contribution in [2.75, 3.05) is 6.61 Å². The highest BCUT2D eigenvalue weighted by atomic mass is 16.5. The molecule has 1 unspecified atom stereocenters. The van der Waals surface area contributed by atoms with Crippen molar-refractivity contribution in [1.82, 2.24) is 10.1 Å². The van der Waals surface area contributed by atoms with Gasteiger partial charge in [-0.05, 0) is 32.1 Å². The minimum atomic E-state index is -0.355. The molecule has 0 bridgehead atoms. The first-order chi connectivity index (χ1) is 9.57. The van der Waals surface area contributed by atoms with Gasteiger partial charge in [0.05, 0.1) is 6.04 Å². The highest BCUT2D eigenvalue weighted by molar-refractivity contribution is 5.05. The summed E-state index contributed by atoms with van der Waals surface area (Å²) in [4.78, 5) is 4.55. The zero-order valence-electron chi connectivity index (χ0n) is 12.9. The number of rotatable bonds is 6. The second-order valence-electron chi connectivity index (χ2n) is 6.18. The molecule has 114 valence electrons. The van der Waals surface area contributed by atoms with E-state index in [1.54, 1.807) is 0 Å². The van der Waals surface area contributed by atoms with Gasteiger partial charge in [-0.25, -0.2) is 0 Å². The summed E-state index contributed by atoms with van der Waals surface area (Å²) in [6, 6.07) is -0.182. The van der Waals surface area contributed by atoms with Crippen molar-refractivity contribution in [1.29, 1.82) is 0 Å². The molecule has 0 aromatic carbocycles. The van der Waals surface area contributed by atoms with E-state index in [1.807, 2.05) is 6.92 Å². The van der Waals surface area contributed by atoms with Crippen LogP contribution in [0.4, 0.5) is 0 Å². The minimum absolute atomic E-state index is 0.182. The minimum Gasteiger partial charge on any atom is -0.367 e. The summed E-state index contributed by atoms with van der Waals surface area (Å²) in [7, 11) is 0. The smallest absolute Gasteiger partial charge is 0.243 e. The van der Waals surface area contributed by atoms with Crippen LogP contribution in [0.15, 0.2) is 4.52 Å². The van der Waals surface area contributed by atoms with Gasteiger partial charge < -0.3 is 15.0 Å². The Kier molecular flexibility index (Phi) is 5.16. The van der Waals surface area contributed by atoms with Crippen LogP contribution in [0, 0.1) is 5.92 Å². The van der Waals surface area contributed by atoms with Crippen LogP contribution in [0.2, 0.25) is 0 Å². The zero-order chi connectivity index (χ0) is 14.6. The molecule has 1 heterocycles. The summed E-state index contributed by atoms with van der Waals surface area (Å²) in [5, 5.41) is 4.17. The van der Waals surface area contributed by atoms with Crippen LogP contribution in [0.3, 0.4) is 0 Å². The van der Waals surface area contributed by atoms with Crippen LogP contribution >= 0.6 is 0 Å². The first-order valence-corrected chi connectivity index (χ1v) is 7.81. The highest BCUT2D eigenvalue weighted by Gasteiger charge is 2.39. The Morgan fingerprint density at radius 1 is 1.30 bits per heavy atom. The summed E-state index contributed by atoms with van der Waals surface area (Å²) in [6.07, 6.45) is 6.36. The van der Waals surface area contributed by atoms with E-state index >= 15 is 0 Å². The molecular weight excluding hydrogens is 254 g/mol. The van der Waals surface area contributed by atoms with Gasteiger partial charge in [0.25, 0.3) is 0 Å². The molecule has 1 aromatic heterocycles. The van der Waals surface area contributed by atoms with E-state index in [0.29, 0.717) is 24.2 Å². The van der Waals surface area contributed by atoms with Crippen molar-refractivity contribution in [3.8, 4) is 0 Å². The normalized spacial score (nSPS) is 20.2. The molecule has 0 radical (unpaired) electrons. The molecule has 2 rings (SSSR count). The second-order valence-corrected chi connectivity index (χ2v) is 6.18. The number of ether oxygens (including phenoxy) is 1. The third-order valence-corrected chi connectivity index (χ3v) is 3.97. The van der Waals surface area contributed by atoms with Gasteiger partial charge >= 0.3 is 0 Å². The maximum atomic E-state index is 6.12. The molecule has 0 saturated heterocycles.